The number of rotatable bonds is 11. The summed E-state index contributed by atoms with van der Waals surface area (Å²) in [4.78, 5) is 29.2. The second-order valence-corrected chi connectivity index (χ2v) is 7.75. The van der Waals surface area contributed by atoms with E-state index in [1.54, 1.807) is 4.90 Å². The number of aromatic nitrogens is 1. The first-order chi connectivity index (χ1) is 12.8. The van der Waals surface area contributed by atoms with Gasteiger partial charge in [0.1, 0.15) is 6.54 Å². The molecule has 0 aliphatic heterocycles. The zero-order chi connectivity index (χ0) is 20.4. The fourth-order valence-corrected chi connectivity index (χ4v) is 2.92. The predicted octanol–water partition coefficient (Wildman–Crippen LogP) is 3.62. The maximum Gasteiger partial charge on any atom is 0.318 e. The summed E-state index contributed by atoms with van der Waals surface area (Å²) in [6.45, 7) is 12.3. The van der Waals surface area contributed by atoms with E-state index < -0.39 is 0 Å². The highest BCUT2D eigenvalue weighted by Gasteiger charge is 2.25. The van der Waals surface area contributed by atoms with Gasteiger partial charge in [-0.05, 0) is 37.8 Å². The number of carbonyl (C=O) groups is 2. The minimum Gasteiger partial charge on any atom is -0.353 e. The van der Waals surface area contributed by atoms with E-state index in [4.69, 9.17) is 0 Å². The number of hydrogen-bond donors (Lipinski definition) is 1. The highest BCUT2D eigenvalue weighted by molar-refractivity contribution is 5.84. The zero-order valence-corrected chi connectivity index (χ0v) is 18.0. The van der Waals surface area contributed by atoms with Crippen LogP contribution in [0.1, 0.15) is 59.6 Å². The first-order valence-electron chi connectivity index (χ1n) is 10.2. The van der Waals surface area contributed by atoms with Gasteiger partial charge in [0.2, 0.25) is 5.91 Å². The molecule has 0 aliphatic carbocycles. The molecule has 1 aromatic rings. The Bertz CT molecular complexity index is 582. The van der Waals surface area contributed by atoms with Crippen molar-refractivity contribution in [1.29, 1.82) is 0 Å². The fraction of sp³-hybridized carbons (Fsp3) is 0.714. The molecule has 0 unspecified atom stereocenters. The highest BCUT2D eigenvalue weighted by Crippen LogP contribution is 2.11. The quantitative estimate of drug-likeness (QED) is 0.598. The van der Waals surface area contributed by atoms with Gasteiger partial charge in [-0.25, -0.2) is 4.79 Å². The number of nitrogens with zero attached hydrogens (tertiary/aromatic N) is 3. The van der Waals surface area contributed by atoms with Gasteiger partial charge in [-0.3, -0.25) is 4.79 Å². The molecule has 6 nitrogen and oxygen atoms in total. The van der Waals surface area contributed by atoms with Gasteiger partial charge in [0.25, 0.3) is 0 Å². The molecule has 0 aromatic carbocycles. The number of nitrogens with one attached hydrogen (secondary N) is 1. The van der Waals surface area contributed by atoms with Crippen LogP contribution in [0, 0.1) is 5.92 Å². The SMILES string of the molecule is CCCCNC(=O)N(CC(=O)N(Cc1cccn1C)CC(C)C)[C@@H](C)CC. The van der Waals surface area contributed by atoms with Crippen molar-refractivity contribution < 1.29 is 9.59 Å². The Kier molecular flexibility index (Phi) is 9.97. The van der Waals surface area contributed by atoms with Crippen molar-refractivity contribution in [2.45, 2.75) is 66.5 Å². The summed E-state index contributed by atoms with van der Waals surface area (Å²) in [6, 6.07) is 3.89. The van der Waals surface area contributed by atoms with E-state index in [0.717, 1.165) is 25.0 Å². The summed E-state index contributed by atoms with van der Waals surface area (Å²) in [5.41, 5.74) is 1.09. The zero-order valence-electron chi connectivity index (χ0n) is 18.0. The van der Waals surface area contributed by atoms with E-state index in [1.165, 1.54) is 0 Å². The Morgan fingerprint density at radius 3 is 2.44 bits per heavy atom. The van der Waals surface area contributed by atoms with Crippen LogP contribution in [0.15, 0.2) is 18.3 Å². The second kappa shape index (κ2) is 11.7. The highest BCUT2D eigenvalue weighted by atomic mass is 16.2. The molecule has 0 radical (unpaired) electrons. The predicted molar refractivity (Wildman–Crippen MR) is 110 cm³/mol. The Labute approximate surface area is 164 Å². The molecule has 0 saturated heterocycles. The van der Waals surface area contributed by atoms with Gasteiger partial charge in [-0.15, -0.1) is 0 Å². The number of unbranched alkanes of at least 4 members (excludes halogenated alkanes) is 1. The van der Waals surface area contributed by atoms with Crippen LogP contribution in [-0.4, -0.2) is 52.0 Å². The second-order valence-electron chi connectivity index (χ2n) is 7.75. The van der Waals surface area contributed by atoms with Crippen LogP contribution in [0.25, 0.3) is 0 Å². The lowest BCUT2D eigenvalue weighted by atomic mass is 10.2. The first-order valence-corrected chi connectivity index (χ1v) is 10.2. The molecule has 3 amide bonds. The van der Waals surface area contributed by atoms with Crippen molar-refractivity contribution in [3.8, 4) is 0 Å². The molecule has 1 atom stereocenters. The summed E-state index contributed by atoms with van der Waals surface area (Å²) < 4.78 is 2.03. The number of carbonyl (C=O) groups excluding carboxylic acids is 2. The van der Waals surface area contributed by atoms with Crippen LogP contribution >= 0.6 is 0 Å². The van der Waals surface area contributed by atoms with Crippen LogP contribution in [0.3, 0.4) is 0 Å². The van der Waals surface area contributed by atoms with Gasteiger partial charge in [0, 0.05) is 38.1 Å². The van der Waals surface area contributed by atoms with E-state index in [2.05, 4.69) is 26.1 Å². The molecule has 0 bridgehead atoms. The average Bonchev–Trinajstić information content (AvgIpc) is 3.02. The molecule has 0 fully saturated rings. The van der Waals surface area contributed by atoms with Crippen molar-refractivity contribution in [2.75, 3.05) is 19.6 Å². The van der Waals surface area contributed by atoms with E-state index >= 15 is 0 Å². The Morgan fingerprint density at radius 1 is 1.22 bits per heavy atom. The summed E-state index contributed by atoms with van der Waals surface area (Å²) in [5, 5.41) is 2.95. The van der Waals surface area contributed by atoms with Gasteiger partial charge in [0.15, 0.2) is 0 Å². The Balaban J connectivity index is 2.86. The molecule has 0 aliphatic rings. The molecule has 1 aromatic heterocycles. The lowest BCUT2D eigenvalue weighted by Crippen LogP contribution is -2.50. The topological polar surface area (TPSA) is 57.6 Å². The molecule has 6 heteroatoms. The van der Waals surface area contributed by atoms with Gasteiger partial charge in [0.05, 0.1) is 6.54 Å². The molecule has 1 N–H and O–H groups in total. The summed E-state index contributed by atoms with van der Waals surface area (Å²) in [6.07, 6.45) is 4.78. The average molecular weight is 379 g/mol. The standard InChI is InChI=1S/C21H38N4O2/c1-7-9-12-22-21(27)25(18(5)8-2)16-20(26)24(14-17(3)4)15-19-11-10-13-23(19)6/h10-11,13,17-18H,7-9,12,14-16H2,1-6H3,(H,22,27)/t18-/m0/s1. The van der Waals surface area contributed by atoms with Crippen molar-refractivity contribution in [3.63, 3.8) is 0 Å². The Hall–Kier alpha value is -1.98. The van der Waals surface area contributed by atoms with Gasteiger partial charge >= 0.3 is 6.03 Å². The fourth-order valence-electron chi connectivity index (χ4n) is 2.92. The molecular formula is C21H38N4O2. The molecule has 0 saturated carbocycles. The third-order valence-electron chi connectivity index (χ3n) is 4.84. The van der Waals surface area contributed by atoms with E-state index in [0.29, 0.717) is 25.6 Å². The van der Waals surface area contributed by atoms with Crippen LogP contribution in [-0.2, 0) is 18.4 Å². The maximum atomic E-state index is 13.1. The summed E-state index contributed by atoms with van der Waals surface area (Å²) in [7, 11) is 1.99. The first kappa shape index (κ1) is 23.1. The molecule has 1 rings (SSSR count). The van der Waals surface area contributed by atoms with Gasteiger partial charge in [-0.1, -0.05) is 34.1 Å². The smallest absolute Gasteiger partial charge is 0.318 e. The van der Waals surface area contributed by atoms with Gasteiger partial charge < -0.3 is 19.7 Å². The van der Waals surface area contributed by atoms with Crippen LogP contribution in [0.4, 0.5) is 4.79 Å². The monoisotopic (exact) mass is 378 g/mol. The van der Waals surface area contributed by atoms with Crippen molar-refractivity contribution >= 4 is 11.9 Å². The normalized spacial score (nSPS) is 12.1. The third-order valence-corrected chi connectivity index (χ3v) is 4.84. The lowest BCUT2D eigenvalue weighted by molar-refractivity contribution is -0.133. The minimum atomic E-state index is -0.144. The number of aryl methyl sites for hydroxylation is 1. The van der Waals surface area contributed by atoms with Crippen LogP contribution < -0.4 is 5.32 Å². The van der Waals surface area contributed by atoms with Crippen molar-refractivity contribution in [3.05, 3.63) is 24.0 Å². The Morgan fingerprint density at radius 2 is 1.93 bits per heavy atom. The minimum absolute atomic E-state index is 0.00385. The van der Waals surface area contributed by atoms with E-state index in [-0.39, 0.29) is 24.5 Å². The third kappa shape index (κ3) is 7.65. The molecule has 0 spiro atoms. The molecule has 1 heterocycles. The van der Waals surface area contributed by atoms with E-state index in [9.17, 15) is 9.59 Å². The number of hydrogen-bond acceptors (Lipinski definition) is 2. The molecule has 154 valence electrons. The largest absolute Gasteiger partial charge is 0.353 e. The summed E-state index contributed by atoms with van der Waals surface area (Å²) >= 11 is 0. The number of urea groups is 1. The van der Waals surface area contributed by atoms with Crippen molar-refractivity contribution in [2.24, 2.45) is 13.0 Å². The lowest BCUT2D eigenvalue weighted by Gasteiger charge is -2.32. The van der Waals surface area contributed by atoms with Crippen molar-refractivity contribution in [1.82, 2.24) is 19.7 Å². The molecular weight excluding hydrogens is 340 g/mol. The van der Waals surface area contributed by atoms with Crippen LogP contribution in [0.2, 0.25) is 0 Å². The maximum absolute atomic E-state index is 13.1. The van der Waals surface area contributed by atoms with E-state index in [1.807, 2.05) is 48.7 Å². The van der Waals surface area contributed by atoms with Crippen LogP contribution in [0.5, 0.6) is 0 Å². The summed E-state index contributed by atoms with van der Waals surface area (Å²) in [5.74, 6) is 0.362. The van der Waals surface area contributed by atoms with Gasteiger partial charge in [-0.2, -0.15) is 0 Å². The molecule has 27 heavy (non-hydrogen) atoms. The number of amides is 3.